The maximum atomic E-state index is 12.1. The number of aromatic amines is 1. The second kappa shape index (κ2) is 5.90. The largest absolute Gasteiger partial charge is 0.420 e. The molecule has 0 bridgehead atoms. The van der Waals surface area contributed by atoms with Crippen molar-refractivity contribution in [3.05, 3.63) is 47.5 Å². The lowest BCUT2D eigenvalue weighted by Gasteiger charge is -2.18. The molecule has 1 aromatic carbocycles. The fourth-order valence-corrected chi connectivity index (χ4v) is 2.12. The van der Waals surface area contributed by atoms with Crippen molar-refractivity contribution in [1.82, 2.24) is 9.97 Å². The molecule has 0 amide bonds. The molecule has 0 saturated carbocycles. The van der Waals surface area contributed by atoms with Gasteiger partial charge in [-0.3, -0.25) is 0 Å². The second-order valence-corrected chi connectivity index (χ2v) is 5.40. The van der Waals surface area contributed by atoms with Crippen LogP contribution in [0.4, 0.5) is 0 Å². The highest BCUT2D eigenvalue weighted by Crippen LogP contribution is 2.34. The first-order chi connectivity index (χ1) is 9.50. The van der Waals surface area contributed by atoms with E-state index in [1.165, 1.54) is 6.20 Å². The summed E-state index contributed by atoms with van der Waals surface area (Å²) >= 11 is 0. The molecule has 0 aliphatic carbocycles. The zero-order valence-corrected chi connectivity index (χ0v) is 12.3. The van der Waals surface area contributed by atoms with E-state index in [1.54, 1.807) is 6.20 Å². The molecule has 0 atom stereocenters. The van der Waals surface area contributed by atoms with Gasteiger partial charge in [-0.25, -0.2) is 9.78 Å². The molecule has 0 fully saturated rings. The van der Waals surface area contributed by atoms with Gasteiger partial charge in [0.1, 0.15) is 5.75 Å². The highest BCUT2D eigenvalue weighted by Gasteiger charge is 2.19. The van der Waals surface area contributed by atoms with Crippen molar-refractivity contribution in [2.75, 3.05) is 0 Å². The molecular weight excluding hydrogens is 252 g/mol. The van der Waals surface area contributed by atoms with Crippen LogP contribution in [0.3, 0.4) is 0 Å². The average molecular weight is 272 g/mol. The average Bonchev–Trinajstić information content (AvgIpc) is 2.92. The lowest BCUT2D eigenvalue weighted by molar-refractivity contribution is 0.0719. The zero-order valence-electron chi connectivity index (χ0n) is 12.3. The molecule has 1 aromatic heterocycles. The van der Waals surface area contributed by atoms with Crippen molar-refractivity contribution >= 4 is 5.97 Å². The van der Waals surface area contributed by atoms with Crippen LogP contribution in [-0.4, -0.2) is 15.9 Å². The molecule has 4 heteroatoms. The SMILES string of the molecule is CC(C)c1cccc(C(C)C)c1OC(=O)c1ncc[nH]1. The van der Waals surface area contributed by atoms with E-state index in [9.17, 15) is 4.79 Å². The number of carbonyl (C=O) groups excluding carboxylic acids is 1. The summed E-state index contributed by atoms with van der Waals surface area (Å²) < 4.78 is 5.61. The minimum absolute atomic E-state index is 0.221. The molecule has 0 radical (unpaired) electrons. The predicted octanol–water partition coefficient (Wildman–Crippen LogP) is 3.88. The number of esters is 1. The van der Waals surface area contributed by atoms with Crippen molar-refractivity contribution in [3.8, 4) is 5.75 Å². The zero-order chi connectivity index (χ0) is 14.7. The summed E-state index contributed by atoms with van der Waals surface area (Å²) in [6.07, 6.45) is 3.14. The first kappa shape index (κ1) is 14.3. The third-order valence-electron chi connectivity index (χ3n) is 3.21. The number of para-hydroxylation sites is 1. The lowest BCUT2D eigenvalue weighted by Crippen LogP contribution is -2.14. The van der Waals surface area contributed by atoms with Crippen molar-refractivity contribution in [2.24, 2.45) is 0 Å². The maximum absolute atomic E-state index is 12.1. The minimum atomic E-state index is -0.454. The van der Waals surface area contributed by atoms with E-state index in [0.717, 1.165) is 11.1 Å². The normalized spacial score (nSPS) is 11.1. The topological polar surface area (TPSA) is 55.0 Å². The van der Waals surface area contributed by atoms with E-state index >= 15 is 0 Å². The van der Waals surface area contributed by atoms with Gasteiger partial charge in [-0.05, 0) is 23.0 Å². The van der Waals surface area contributed by atoms with Gasteiger partial charge >= 0.3 is 5.97 Å². The summed E-state index contributed by atoms with van der Waals surface area (Å²) in [7, 11) is 0. The van der Waals surface area contributed by atoms with E-state index in [1.807, 2.05) is 18.2 Å². The number of nitrogens with one attached hydrogen (secondary N) is 1. The molecule has 0 unspecified atom stereocenters. The number of H-pyrrole nitrogens is 1. The van der Waals surface area contributed by atoms with Crippen LogP contribution in [0.2, 0.25) is 0 Å². The lowest BCUT2D eigenvalue weighted by atomic mass is 9.94. The number of hydrogen-bond donors (Lipinski definition) is 1. The van der Waals surface area contributed by atoms with Gasteiger partial charge in [-0.1, -0.05) is 45.9 Å². The fraction of sp³-hybridized carbons (Fsp3) is 0.375. The molecule has 0 aliphatic heterocycles. The van der Waals surface area contributed by atoms with Gasteiger partial charge < -0.3 is 9.72 Å². The molecule has 2 rings (SSSR count). The Morgan fingerprint density at radius 1 is 1.15 bits per heavy atom. The molecule has 4 nitrogen and oxygen atoms in total. The van der Waals surface area contributed by atoms with Crippen molar-refractivity contribution in [1.29, 1.82) is 0 Å². The molecule has 0 saturated heterocycles. The summed E-state index contributed by atoms with van der Waals surface area (Å²) in [4.78, 5) is 18.8. The Labute approximate surface area is 119 Å². The number of ether oxygens (including phenoxy) is 1. The Hall–Kier alpha value is -2.10. The number of imidazole rings is 1. The number of benzene rings is 1. The van der Waals surface area contributed by atoms with Gasteiger partial charge in [-0.2, -0.15) is 0 Å². The third-order valence-corrected chi connectivity index (χ3v) is 3.21. The number of nitrogens with zero attached hydrogens (tertiary/aromatic N) is 1. The quantitative estimate of drug-likeness (QED) is 0.679. The number of hydrogen-bond acceptors (Lipinski definition) is 3. The molecule has 2 aromatic rings. The Morgan fingerprint density at radius 2 is 1.75 bits per heavy atom. The van der Waals surface area contributed by atoms with Crippen molar-refractivity contribution < 1.29 is 9.53 Å². The van der Waals surface area contributed by atoms with E-state index < -0.39 is 5.97 Å². The highest BCUT2D eigenvalue weighted by atomic mass is 16.5. The van der Waals surface area contributed by atoms with Crippen LogP contribution < -0.4 is 4.74 Å². The van der Waals surface area contributed by atoms with Gasteiger partial charge in [0.25, 0.3) is 0 Å². The second-order valence-electron chi connectivity index (χ2n) is 5.40. The third kappa shape index (κ3) is 2.90. The highest BCUT2D eigenvalue weighted by molar-refractivity contribution is 5.87. The van der Waals surface area contributed by atoms with Crippen LogP contribution in [0.1, 0.15) is 61.3 Å². The first-order valence-electron chi connectivity index (χ1n) is 6.85. The van der Waals surface area contributed by atoms with E-state index in [-0.39, 0.29) is 17.7 Å². The Kier molecular flexibility index (Phi) is 4.23. The van der Waals surface area contributed by atoms with E-state index in [0.29, 0.717) is 5.75 Å². The molecule has 0 spiro atoms. The van der Waals surface area contributed by atoms with Gasteiger partial charge in [0.2, 0.25) is 5.82 Å². The Balaban J connectivity index is 2.40. The number of carbonyl (C=O) groups is 1. The Morgan fingerprint density at radius 3 is 2.20 bits per heavy atom. The molecule has 20 heavy (non-hydrogen) atoms. The number of aromatic nitrogens is 2. The van der Waals surface area contributed by atoms with Crippen molar-refractivity contribution in [2.45, 2.75) is 39.5 Å². The van der Waals surface area contributed by atoms with Crippen LogP contribution in [-0.2, 0) is 0 Å². The fourth-order valence-electron chi connectivity index (χ4n) is 2.12. The van der Waals surface area contributed by atoms with Gasteiger partial charge in [-0.15, -0.1) is 0 Å². The predicted molar refractivity (Wildman–Crippen MR) is 78.2 cm³/mol. The van der Waals surface area contributed by atoms with Crippen LogP contribution >= 0.6 is 0 Å². The van der Waals surface area contributed by atoms with E-state index in [4.69, 9.17) is 4.74 Å². The molecule has 0 aliphatic rings. The molecule has 106 valence electrons. The van der Waals surface area contributed by atoms with Crippen molar-refractivity contribution in [3.63, 3.8) is 0 Å². The first-order valence-corrected chi connectivity index (χ1v) is 6.85. The van der Waals surface area contributed by atoms with Crippen LogP contribution in [0, 0.1) is 0 Å². The monoisotopic (exact) mass is 272 g/mol. The summed E-state index contributed by atoms with van der Waals surface area (Å²) in [6.45, 7) is 8.35. The van der Waals surface area contributed by atoms with Gasteiger partial charge in [0, 0.05) is 12.4 Å². The van der Waals surface area contributed by atoms with Crippen LogP contribution in [0.5, 0.6) is 5.75 Å². The van der Waals surface area contributed by atoms with Crippen LogP contribution in [0.15, 0.2) is 30.6 Å². The summed E-state index contributed by atoms with van der Waals surface area (Å²) in [5.41, 5.74) is 2.08. The smallest absolute Gasteiger partial charge is 0.379 e. The van der Waals surface area contributed by atoms with Crippen LogP contribution in [0.25, 0.3) is 0 Å². The van der Waals surface area contributed by atoms with E-state index in [2.05, 4.69) is 37.7 Å². The summed E-state index contributed by atoms with van der Waals surface area (Å²) in [5, 5.41) is 0. The summed E-state index contributed by atoms with van der Waals surface area (Å²) in [6, 6.07) is 6.01. The van der Waals surface area contributed by atoms with Gasteiger partial charge in [0.05, 0.1) is 0 Å². The standard InChI is InChI=1S/C16H20N2O2/c1-10(2)12-6-5-7-13(11(3)4)14(12)20-16(19)15-17-8-9-18-15/h5-11H,1-4H3,(H,17,18). The minimum Gasteiger partial charge on any atom is -0.420 e. The summed E-state index contributed by atoms with van der Waals surface area (Å²) in [5.74, 6) is 1.00. The molecular formula is C16H20N2O2. The number of rotatable bonds is 4. The maximum Gasteiger partial charge on any atom is 0.379 e. The Bertz CT molecular complexity index is 560. The van der Waals surface area contributed by atoms with Gasteiger partial charge in [0.15, 0.2) is 0 Å². The molecule has 1 N–H and O–H groups in total. The molecule has 1 heterocycles.